The molecule has 2 saturated carbocycles. The molecule has 5 nitrogen and oxygen atoms in total. The van der Waals surface area contributed by atoms with E-state index in [1.165, 1.54) is 6.07 Å². The number of carbonyl (C=O) groups excluding carboxylic acids is 2. The molecule has 6 rings (SSSR count). The van der Waals surface area contributed by atoms with Gasteiger partial charge in [0.15, 0.2) is 0 Å². The number of halogens is 2. The van der Waals surface area contributed by atoms with Gasteiger partial charge in [0.05, 0.1) is 5.56 Å². The van der Waals surface area contributed by atoms with E-state index in [0.717, 1.165) is 49.8 Å². The Labute approximate surface area is 210 Å². The van der Waals surface area contributed by atoms with Gasteiger partial charge in [-0.15, -0.1) is 0 Å². The minimum Gasteiger partial charge on any atom is -0.342 e. The second-order valence-corrected chi connectivity index (χ2v) is 10.9. The highest BCUT2D eigenvalue weighted by Crippen LogP contribution is 2.41. The summed E-state index contributed by atoms with van der Waals surface area (Å²) in [4.78, 5) is 34.8. The first-order valence-electron chi connectivity index (χ1n) is 12.7. The maximum absolute atomic E-state index is 15.5. The second kappa shape index (κ2) is 8.74. The van der Waals surface area contributed by atoms with E-state index >= 15 is 4.39 Å². The topological polar surface area (TPSA) is 53.0 Å². The Hall–Kier alpha value is -2.73. The Kier molecular flexibility index (Phi) is 5.67. The molecular formula is C28H29ClFN3O2. The molecule has 7 heteroatoms. The lowest BCUT2D eigenvalue weighted by molar-refractivity contribution is -0.131. The van der Waals surface area contributed by atoms with Gasteiger partial charge in [-0.3, -0.25) is 19.5 Å². The van der Waals surface area contributed by atoms with Gasteiger partial charge in [-0.1, -0.05) is 42.6 Å². The molecular weight excluding hydrogens is 465 g/mol. The summed E-state index contributed by atoms with van der Waals surface area (Å²) in [7, 11) is 0. The number of rotatable bonds is 5. The third kappa shape index (κ3) is 4.16. The highest BCUT2D eigenvalue weighted by Gasteiger charge is 2.51. The van der Waals surface area contributed by atoms with Crippen LogP contribution in [0.2, 0.25) is 5.02 Å². The SMILES string of the molecule is O=C(C1CC1)N1CCC(CN2C(=O)C3(CCCC3)N=C2c2ccc(-c3ccc(Cl)cc3)cc2F)C1. The molecule has 0 bridgehead atoms. The van der Waals surface area contributed by atoms with E-state index in [1.54, 1.807) is 23.1 Å². The van der Waals surface area contributed by atoms with Crippen molar-refractivity contribution in [3.05, 3.63) is 58.9 Å². The fraction of sp³-hybridized carbons (Fsp3) is 0.464. The van der Waals surface area contributed by atoms with Gasteiger partial charge in [0, 0.05) is 30.6 Å². The normalized spacial score (nSPS) is 23.4. The van der Waals surface area contributed by atoms with Crippen molar-refractivity contribution in [2.45, 2.75) is 50.5 Å². The summed E-state index contributed by atoms with van der Waals surface area (Å²) in [6, 6.07) is 12.4. The van der Waals surface area contributed by atoms with Crippen LogP contribution in [0.5, 0.6) is 0 Å². The van der Waals surface area contributed by atoms with Crippen molar-refractivity contribution in [3.63, 3.8) is 0 Å². The molecule has 182 valence electrons. The van der Waals surface area contributed by atoms with E-state index in [1.807, 2.05) is 23.1 Å². The van der Waals surface area contributed by atoms with Gasteiger partial charge in [0.1, 0.15) is 17.2 Å². The molecule has 0 N–H and O–H groups in total. The molecule has 1 spiro atoms. The van der Waals surface area contributed by atoms with Crippen LogP contribution < -0.4 is 0 Å². The standard InChI is InChI=1S/C28H29ClFN3O2/c29-22-8-5-19(6-9-22)21-7-10-23(24(30)15-21)25-31-28(12-1-2-13-28)27(35)33(25)17-18-11-14-32(16-18)26(34)20-3-4-20/h5-10,15,18,20H,1-4,11-14,16-17H2. The summed E-state index contributed by atoms with van der Waals surface area (Å²) in [6.07, 6.45) is 6.20. The molecule has 1 saturated heterocycles. The maximum atomic E-state index is 15.5. The molecule has 4 aliphatic rings. The zero-order valence-corrected chi connectivity index (χ0v) is 20.4. The molecule has 2 aromatic carbocycles. The highest BCUT2D eigenvalue weighted by atomic mass is 35.5. The number of likely N-dealkylation sites (tertiary alicyclic amines) is 1. The Morgan fingerprint density at radius 3 is 2.46 bits per heavy atom. The van der Waals surface area contributed by atoms with Crippen molar-refractivity contribution < 1.29 is 14.0 Å². The van der Waals surface area contributed by atoms with Crippen molar-refractivity contribution >= 4 is 29.3 Å². The first-order valence-corrected chi connectivity index (χ1v) is 13.1. The summed E-state index contributed by atoms with van der Waals surface area (Å²) < 4.78 is 15.5. The summed E-state index contributed by atoms with van der Waals surface area (Å²) in [5.41, 5.74) is 1.24. The molecule has 0 radical (unpaired) electrons. The van der Waals surface area contributed by atoms with E-state index < -0.39 is 5.54 Å². The van der Waals surface area contributed by atoms with E-state index in [9.17, 15) is 9.59 Å². The van der Waals surface area contributed by atoms with Gasteiger partial charge < -0.3 is 4.90 Å². The van der Waals surface area contributed by atoms with Crippen LogP contribution in [0, 0.1) is 17.7 Å². The average Bonchev–Trinajstić information content (AvgIpc) is 3.31. The van der Waals surface area contributed by atoms with Crippen molar-refractivity contribution in [1.82, 2.24) is 9.80 Å². The predicted molar refractivity (Wildman–Crippen MR) is 134 cm³/mol. The third-order valence-corrected chi connectivity index (χ3v) is 8.25. The molecule has 2 amide bonds. The van der Waals surface area contributed by atoms with Crippen molar-refractivity contribution in [3.8, 4) is 11.1 Å². The number of carbonyl (C=O) groups is 2. The smallest absolute Gasteiger partial charge is 0.256 e. The van der Waals surface area contributed by atoms with Crippen LogP contribution in [0.1, 0.15) is 50.5 Å². The van der Waals surface area contributed by atoms with Crippen LogP contribution in [0.3, 0.4) is 0 Å². The number of amides is 2. The zero-order valence-electron chi connectivity index (χ0n) is 19.7. The van der Waals surface area contributed by atoms with Gasteiger partial charge in [0.25, 0.3) is 5.91 Å². The Morgan fingerprint density at radius 1 is 1.06 bits per heavy atom. The van der Waals surface area contributed by atoms with E-state index in [0.29, 0.717) is 42.4 Å². The minimum absolute atomic E-state index is 0.00172. The zero-order chi connectivity index (χ0) is 24.2. The number of hydrogen-bond acceptors (Lipinski definition) is 3. The molecule has 2 aromatic rings. The van der Waals surface area contributed by atoms with E-state index in [-0.39, 0.29) is 29.5 Å². The van der Waals surface area contributed by atoms with Gasteiger partial charge in [-0.05, 0) is 73.4 Å². The fourth-order valence-electron chi connectivity index (χ4n) is 5.87. The molecule has 2 aliphatic heterocycles. The molecule has 2 aliphatic carbocycles. The van der Waals surface area contributed by atoms with Crippen molar-refractivity contribution in [2.24, 2.45) is 16.8 Å². The van der Waals surface area contributed by atoms with Crippen LogP contribution in [0.4, 0.5) is 4.39 Å². The number of nitrogens with zero attached hydrogens (tertiary/aromatic N) is 3. The molecule has 2 heterocycles. The van der Waals surface area contributed by atoms with Crippen LogP contribution >= 0.6 is 11.6 Å². The lowest BCUT2D eigenvalue weighted by atomic mass is 9.97. The van der Waals surface area contributed by atoms with Crippen molar-refractivity contribution in [1.29, 1.82) is 0 Å². The monoisotopic (exact) mass is 493 g/mol. The van der Waals surface area contributed by atoms with Crippen LogP contribution in [-0.2, 0) is 9.59 Å². The summed E-state index contributed by atoms with van der Waals surface area (Å²) in [5.74, 6) is 0.697. The lowest BCUT2D eigenvalue weighted by Crippen LogP contribution is -2.44. The molecule has 3 fully saturated rings. The Bertz CT molecular complexity index is 1200. The quantitative estimate of drug-likeness (QED) is 0.567. The fourth-order valence-corrected chi connectivity index (χ4v) is 5.99. The summed E-state index contributed by atoms with van der Waals surface area (Å²) >= 11 is 6.00. The van der Waals surface area contributed by atoms with Crippen LogP contribution in [0.15, 0.2) is 47.5 Å². The van der Waals surface area contributed by atoms with E-state index in [2.05, 4.69) is 0 Å². The summed E-state index contributed by atoms with van der Waals surface area (Å²) in [5, 5.41) is 0.631. The largest absolute Gasteiger partial charge is 0.342 e. The summed E-state index contributed by atoms with van der Waals surface area (Å²) in [6.45, 7) is 1.88. The Morgan fingerprint density at radius 2 is 1.77 bits per heavy atom. The van der Waals surface area contributed by atoms with Gasteiger partial charge in [-0.25, -0.2) is 4.39 Å². The molecule has 35 heavy (non-hydrogen) atoms. The van der Waals surface area contributed by atoms with E-state index in [4.69, 9.17) is 16.6 Å². The lowest BCUT2D eigenvalue weighted by Gasteiger charge is -2.25. The minimum atomic E-state index is -0.751. The third-order valence-electron chi connectivity index (χ3n) is 8.00. The number of hydrogen-bond donors (Lipinski definition) is 0. The number of benzene rings is 2. The van der Waals surface area contributed by atoms with Gasteiger partial charge in [-0.2, -0.15) is 0 Å². The predicted octanol–water partition coefficient (Wildman–Crippen LogP) is 5.31. The highest BCUT2D eigenvalue weighted by molar-refractivity contribution is 6.30. The van der Waals surface area contributed by atoms with Crippen LogP contribution in [0.25, 0.3) is 11.1 Å². The average molecular weight is 494 g/mol. The first-order chi connectivity index (χ1) is 16.9. The second-order valence-electron chi connectivity index (χ2n) is 10.5. The molecule has 1 unspecified atom stereocenters. The Balaban J connectivity index is 1.28. The van der Waals surface area contributed by atoms with Gasteiger partial charge in [0.2, 0.25) is 5.91 Å². The van der Waals surface area contributed by atoms with Crippen LogP contribution in [-0.4, -0.2) is 52.6 Å². The molecule has 0 aromatic heterocycles. The van der Waals surface area contributed by atoms with Gasteiger partial charge >= 0.3 is 0 Å². The van der Waals surface area contributed by atoms with Crippen molar-refractivity contribution in [2.75, 3.05) is 19.6 Å². The number of aliphatic imine (C=N–C) groups is 1. The first kappa shape index (κ1) is 22.7. The maximum Gasteiger partial charge on any atom is 0.256 e. The molecule has 1 atom stereocenters. The number of amidine groups is 1.